The number of benzene rings is 1. The van der Waals surface area contributed by atoms with E-state index in [9.17, 15) is 14.9 Å². The number of pyridine rings is 1. The van der Waals surface area contributed by atoms with E-state index in [1.54, 1.807) is 48.7 Å². The van der Waals surface area contributed by atoms with Gasteiger partial charge in [-0.1, -0.05) is 24.3 Å². The molecule has 1 amide bonds. The largest absolute Gasteiger partial charge is 0.438 e. The zero-order valence-electron chi connectivity index (χ0n) is 17.1. The number of nitrogens with one attached hydrogen (secondary N) is 1. The summed E-state index contributed by atoms with van der Waals surface area (Å²) >= 11 is 0. The molecular formula is C23H22N4O4. The number of aromatic nitrogens is 2. The van der Waals surface area contributed by atoms with Crippen molar-refractivity contribution >= 4 is 17.6 Å². The van der Waals surface area contributed by atoms with Crippen LogP contribution >= 0.6 is 0 Å². The second-order valence-electron chi connectivity index (χ2n) is 6.46. The van der Waals surface area contributed by atoms with Gasteiger partial charge in [-0.2, -0.15) is 10.2 Å². The molecule has 2 heterocycles. The van der Waals surface area contributed by atoms with Gasteiger partial charge < -0.3 is 14.8 Å². The molecule has 0 aliphatic heterocycles. The Kier molecular flexibility index (Phi) is 7.51. The molecule has 0 atom stereocenters. The molecule has 0 unspecified atom stereocenters. The Labute approximate surface area is 179 Å². The summed E-state index contributed by atoms with van der Waals surface area (Å²) in [5.41, 5.74) is -0.277. The minimum atomic E-state index is -0.581. The molecule has 158 valence electrons. The Morgan fingerprint density at radius 1 is 1.23 bits per heavy atom. The molecule has 0 spiro atoms. The minimum Gasteiger partial charge on any atom is -0.438 e. The molecule has 3 rings (SSSR count). The zero-order valence-corrected chi connectivity index (χ0v) is 17.1. The lowest BCUT2D eigenvalue weighted by atomic mass is 10.1. The summed E-state index contributed by atoms with van der Waals surface area (Å²) in [6.45, 7) is 3.34. The van der Waals surface area contributed by atoms with Crippen LogP contribution in [-0.2, 0) is 9.53 Å². The molecule has 31 heavy (non-hydrogen) atoms. The van der Waals surface area contributed by atoms with Crippen LogP contribution in [-0.4, -0.2) is 35.1 Å². The van der Waals surface area contributed by atoms with Crippen molar-refractivity contribution < 1.29 is 14.3 Å². The number of nitrogens with zero attached hydrogens (tertiary/aromatic N) is 3. The first-order valence-corrected chi connectivity index (χ1v) is 9.86. The summed E-state index contributed by atoms with van der Waals surface area (Å²) in [6, 6.07) is 15.8. The van der Waals surface area contributed by atoms with Crippen molar-refractivity contribution in [3.8, 4) is 17.7 Å². The average Bonchev–Trinajstić information content (AvgIpc) is 2.79. The molecule has 0 aliphatic rings. The van der Waals surface area contributed by atoms with Gasteiger partial charge in [0.25, 0.3) is 11.5 Å². The van der Waals surface area contributed by atoms with E-state index in [4.69, 9.17) is 9.47 Å². The summed E-state index contributed by atoms with van der Waals surface area (Å²) in [6.07, 6.45) is 3.39. The van der Waals surface area contributed by atoms with Crippen LogP contribution in [0.1, 0.15) is 18.9 Å². The van der Waals surface area contributed by atoms with Crippen molar-refractivity contribution in [2.75, 3.05) is 19.8 Å². The fourth-order valence-electron chi connectivity index (χ4n) is 2.79. The number of nitriles is 1. The van der Waals surface area contributed by atoms with Crippen LogP contribution in [0.4, 0.5) is 0 Å². The lowest BCUT2D eigenvalue weighted by molar-refractivity contribution is -0.117. The fourth-order valence-corrected chi connectivity index (χ4v) is 2.79. The van der Waals surface area contributed by atoms with Gasteiger partial charge >= 0.3 is 0 Å². The van der Waals surface area contributed by atoms with Gasteiger partial charge in [-0.15, -0.1) is 0 Å². The van der Waals surface area contributed by atoms with E-state index >= 15 is 0 Å². The smallest absolute Gasteiger partial charge is 0.269 e. The number of para-hydroxylation sites is 1. The Morgan fingerprint density at radius 3 is 2.74 bits per heavy atom. The van der Waals surface area contributed by atoms with Gasteiger partial charge in [-0.05, 0) is 43.7 Å². The maximum absolute atomic E-state index is 13.1. The standard InChI is InChI=1S/C23H22N4O4/c1-2-30-14-8-12-25-21(28)17(16-24)15-19-22(31-18-9-4-3-5-10-18)26-20-11-6-7-13-27(20)23(19)29/h3-7,9-11,13,15H,2,8,12,14H2,1H3,(H,25,28). The van der Waals surface area contributed by atoms with Crippen LogP contribution in [0.2, 0.25) is 0 Å². The quantitative estimate of drug-likeness (QED) is 0.325. The SMILES string of the molecule is CCOCCCNC(=O)C(C#N)=Cc1c(Oc2ccccc2)nc2ccccn2c1=O. The van der Waals surface area contributed by atoms with E-state index in [0.29, 0.717) is 37.6 Å². The number of carbonyl (C=O) groups is 1. The lowest BCUT2D eigenvalue weighted by Gasteiger charge is -2.10. The lowest BCUT2D eigenvalue weighted by Crippen LogP contribution is -2.27. The Balaban J connectivity index is 1.97. The van der Waals surface area contributed by atoms with E-state index in [1.807, 2.05) is 19.1 Å². The maximum atomic E-state index is 13.1. The van der Waals surface area contributed by atoms with Gasteiger partial charge in [0.2, 0.25) is 5.88 Å². The molecule has 1 aromatic carbocycles. The molecule has 0 radical (unpaired) electrons. The topological polar surface area (TPSA) is 106 Å². The highest BCUT2D eigenvalue weighted by atomic mass is 16.5. The predicted molar refractivity (Wildman–Crippen MR) is 116 cm³/mol. The Hall–Kier alpha value is -3.96. The second kappa shape index (κ2) is 10.7. The number of rotatable bonds is 9. The summed E-state index contributed by atoms with van der Waals surface area (Å²) < 4.78 is 12.4. The predicted octanol–water partition coefficient (Wildman–Crippen LogP) is 2.94. The van der Waals surface area contributed by atoms with Gasteiger partial charge in [0.15, 0.2) is 0 Å². The molecule has 2 aromatic heterocycles. The summed E-state index contributed by atoms with van der Waals surface area (Å²) in [7, 11) is 0. The van der Waals surface area contributed by atoms with E-state index in [2.05, 4.69) is 10.3 Å². The molecule has 3 aromatic rings. The summed E-state index contributed by atoms with van der Waals surface area (Å²) in [5, 5.41) is 12.2. The number of hydrogen-bond acceptors (Lipinski definition) is 6. The van der Waals surface area contributed by atoms with E-state index in [0.717, 1.165) is 0 Å². The molecule has 8 heteroatoms. The summed E-state index contributed by atoms with van der Waals surface area (Å²) in [5.74, 6) is -0.0928. The monoisotopic (exact) mass is 418 g/mol. The third-order valence-electron chi connectivity index (χ3n) is 4.30. The molecule has 0 aliphatic carbocycles. The maximum Gasteiger partial charge on any atom is 0.269 e. The van der Waals surface area contributed by atoms with Crippen molar-refractivity contribution in [2.24, 2.45) is 0 Å². The Morgan fingerprint density at radius 2 is 2.00 bits per heavy atom. The molecule has 1 N–H and O–H groups in total. The van der Waals surface area contributed by atoms with Crippen LogP contribution in [0.15, 0.2) is 65.1 Å². The van der Waals surface area contributed by atoms with Crippen LogP contribution in [0.25, 0.3) is 11.7 Å². The molecular weight excluding hydrogens is 396 g/mol. The molecule has 0 fully saturated rings. The van der Waals surface area contributed by atoms with Crippen LogP contribution < -0.4 is 15.6 Å². The minimum absolute atomic E-state index is 0.00793. The van der Waals surface area contributed by atoms with Gasteiger partial charge in [0.05, 0.1) is 0 Å². The first-order chi connectivity index (χ1) is 15.1. The highest BCUT2D eigenvalue weighted by Crippen LogP contribution is 2.23. The first kappa shape index (κ1) is 21.7. The number of fused-ring (bicyclic) bond motifs is 1. The summed E-state index contributed by atoms with van der Waals surface area (Å²) in [4.78, 5) is 29.9. The highest BCUT2D eigenvalue weighted by molar-refractivity contribution is 6.01. The van der Waals surface area contributed by atoms with E-state index < -0.39 is 11.5 Å². The normalized spacial score (nSPS) is 11.2. The van der Waals surface area contributed by atoms with Crippen LogP contribution in [0.3, 0.4) is 0 Å². The van der Waals surface area contributed by atoms with Crippen molar-refractivity contribution in [1.29, 1.82) is 5.26 Å². The number of hydrogen-bond donors (Lipinski definition) is 1. The van der Waals surface area contributed by atoms with Crippen molar-refractivity contribution in [3.05, 3.63) is 76.2 Å². The third-order valence-corrected chi connectivity index (χ3v) is 4.30. The number of carbonyl (C=O) groups excluding carboxylic acids is 1. The van der Waals surface area contributed by atoms with Gasteiger partial charge in [-0.3, -0.25) is 14.0 Å². The fraction of sp³-hybridized carbons (Fsp3) is 0.217. The van der Waals surface area contributed by atoms with Gasteiger partial charge in [0, 0.05) is 26.0 Å². The van der Waals surface area contributed by atoms with Crippen LogP contribution in [0.5, 0.6) is 11.6 Å². The number of ether oxygens (including phenoxy) is 2. The van der Waals surface area contributed by atoms with Crippen LogP contribution in [0, 0.1) is 11.3 Å². The molecule has 0 saturated carbocycles. The first-order valence-electron chi connectivity index (χ1n) is 9.86. The molecule has 0 saturated heterocycles. The van der Waals surface area contributed by atoms with Gasteiger partial charge in [0.1, 0.15) is 28.6 Å². The zero-order chi connectivity index (χ0) is 22.1. The highest BCUT2D eigenvalue weighted by Gasteiger charge is 2.17. The average molecular weight is 418 g/mol. The molecule has 8 nitrogen and oxygen atoms in total. The Bertz CT molecular complexity index is 1180. The van der Waals surface area contributed by atoms with E-state index in [1.165, 1.54) is 10.5 Å². The number of amides is 1. The van der Waals surface area contributed by atoms with Gasteiger partial charge in [-0.25, -0.2) is 0 Å². The second-order valence-corrected chi connectivity index (χ2v) is 6.46. The van der Waals surface area contributed by atoms with Crippen molar-refractivity contribution in [3.63, 3.8) is 0 Å². The molecule has 0 bridgehead atoms. The third kappa shape index (κ3) is 5.56. The van der Waals surface area contributed by atoms with Crippen molar-refractivity contribution in [1.82, 2.24) is 14.7 Å². The van der Waals surface area contributed by atoms with E-state index in [-0.39, 0.29) is 17.0 Å². The van der Waals surface area contributed by atoms with Crippen molar-refractivity contribution in [2.45, 2.75) is 13.3 Å².